The van der Waals surface area contributed by atoms with E-state index in [4.69, 9.17) is 4.74 Å². The van der Waals surface area contributed by atoms with Crippen molar-refractivity contribution in [3.05, 3.63) is 53.6 Å². The number of carbonyl (C=O) groups excluding carboxylic acids is 1. The number of rotatable bonds is 4. The Morgan fingerprint density at radius 1 is 1.42 bits per heavy atom. The number of urea groups is 1. The quantitative estimate of drug-likeness (QED) is 0.936. The van der Waals surface area contributed by atoms with Crippen LogP contribution in [0.2, 0.25) is 0 Å². The first-order chi connectivity index (χ1) is 11.6. The van der Waals surface area contributed by atoms with Gasteiger partial charge in [-0.1, -0.05) is 24.3 Å². The van der Waals surface area contributed by atoms with E-state index < -0.39 is 0 Å². The second-order valence-electron chi connectivity index (χ2n) is 6.20. The van der Waals surface area contributed by atoms with Gasteiger partial charge in [0.2, 0.25) is 0 Å². The van der Waals surface area contributed by atoms with Crippen molar-refractivity contribution in [2.75, 3.05) is 19.8 Å². The topological polar surface area (TPSA) is 59.4 Å². The van der Waals surface area contributed by atoms with Crippen LogP contribution < -0.4 is 5.32 Å². The molecular formula is C18H24N4O2. The molecule has 6 nitrogen and oxygen atoms in total. The van der Waals surface area contributed by atoms with E-state index in [2.05, 4.69) is 27.0 Å². The molecule has 1 saturated heterocycles. The van der Waals surface area contributed by atoms with E-state index in [9.17, 15) is 4.79 Å². The van der Waals surface area contributed by atoms with Crippen molar-refractivity contribution in [1.29, 1.82) is 0 Å². The number of nitrogens with zero attached hydrogens (tertiary/aromatic N) is 3. The average Bonchev–Trinajstić information content (AvgIpc) is 2.98. The fraction of sp³-hybridized carbons (Fsp3) is 0.444. The summed E-state index contributed by atoms with van der Waals surface area (Å²) in [5.41, 5.74) is 2.29. The predicted octanol–water partition coefficient (Wildman–Crippen LogP) is 2.17. The SMILES string of the molecule is Cc1nccn1Cc1cccc(CNC(=O)N2CCOC[C@@H]2C)c1. The maximum atomic E-state index is 12.3. The zero-order chi connectivity index (χ0) is 16.9. The van der Waals surface area contributed by atoms with Crippen molar-refractivity contribution in [2.45, 2.75) is 33.0 Å². The van der Waals surface area contributed by atoms with Gasteiger partial charge in [-0.2, -0.15) is 0 Å². The number of imidazole rings is 1. The van der Waals surface area contributed by atoms with Crippen LogP contribution in [-0.4, -0.2) is 46.3 Å². The molecule has 1 N–H and O–H groups in total. The highest BCUT2D eigenvalue weighted by atomic mass is 16.5. The molecule has 1 aromatic heterocycles. The zero-order valence-electron chi connectivity index (χ0n) is 14.2. The van der Waals surface area contributed by atoms with Crippen molar-refractivity contribution in [2.24, 2.45) is 0 Å². The van der Waals surface area contributed by atoms with Crippen LogP contribution in [0.1, 0.15) is 23.9 Å². The third-order valence-corrected chi connectivity index (χ3v) is 4.34. The maximum absolute atomic E-state index is 12.3. The molecule has 3 rings (SSSR count). The van der Waals surface area contributed by atoms with E-state index in [1.54, 1.807) is 0 Å². The number of hydrogen-bond donors (Lipinski definition) is 1. The average molecular weight is 328 g/mol. The molecular weight excluding hydrogens is 304 g/mol. The minimum absolute atomic E-state index is 0.0262. The summed E-state index contributed by atoms with van der Waals surface area (Å²) in [6, 6.07) is 8.38. The van der Waals surface area contributed by atoms with Gasteiger partial charge in [0.25, 0.3) is 0 Å². The van der Waals surface area contributed by atoms with E-state index in [0.29, 0.717) is 26.3 Å². The Labute approximate surface area is 142 Å². The number of aryl methyl sites for hydroxylation is 1. The van der Waals surface area contributed by atoms with Gasteiger partial charge >= 0.3 is 6.03 Å². The van der Waals surface area contributed by atoms with Gasteiger partial charge < -0.3 is 19.5 Å². The van der Waals surface area contributed by atoms with E-state index >= 15 is 0 Å². The van der Waals surface area contributed by atoms with Crippen LogP contribution in [0.3, 0.4) is 0 Å². The monoisotopic (exact) mass is 328 g/mol. The second-order valence-corrected chi connectivity index (χ2v) is 6.20. The Balaban J connectivity index is 1.58. The van der Waals surface area contributed by atoms with E-state index in [1.165, 1.54) is 5.56 Å². The lowest BCUT2D eigenvalue weighted by Crippen LogP contribution is -2.51. The summed E-state index contributed by atoms with van der Waals surface area (Å²) in [5, 5.41) is 3.01. The summed E-state index contributed by atoms with van der Waals surface area (Å²) in [5.74, 6) is 0.995. The molecule has 1 aromatic carbocycles. The van der Waals surface area contributed by atoms with Crippen LogP contribution in [-0.2, 0) is 17.8 Å². The van der Waals surface area contributed by atoms with Crippen molar-refractivity contribution < 1.29 is 9.53 Å². The molecule has 0 radical (unpaired) electrons. The summed E-state index contributed by atoms with van der Waals surface area (Å²) in [7, 11) is 0. The first-order valence-corrected chi connectivity index (χ1v) is 8.31. The van der Waals surface area contributed by atoms with E-state index in [1.807, 2.05) is 43.3 Å². The third kappa shape index (κ3) is 3.94. The second kappa shape index (κ2) is 7.49. The van der Waals surface area contributed by atoms with Gasteiger partial charge in [-0.25, -0.2) is 9.78 Å². The minimum Gasteiger partial charge on any atom is -0.377 e. The lowest BCUT2D eigenvalue weighted by Gasteiger charge is -2.33. The molecule has 1 aliphatic heterocycles. The van der Waals surface area contributed by atoms with Crippen LogP contribution >= 0.6 is 0 Å². The molecule has 0 saturated carbocycles. The van der Waals surface area contributed by atoms with E-state index in [-0.39, 0.29) is 12.1 Å². The van der Waals surface area contributed by atoms with Crippen LogP contribution in [0, 0.1) is 6.92 Å². The Kier molecular flexibility index (Phi) is 5.15. The first-order valence-electron chi connectivity index (χ1n) is 8.31. The van der Waals surface area contributed by atoms with Crippen LogP contribution in [0.5, 0.6) is 0 Å². The molecule has 2 aromatic rings. The number of ether oxygens (including phenoxy) is 1. The van der Waals surface area contributed by atoms with Gasteiger partial charge in [-0.15, -0.1) is 0 Å². The predicted molar refractivity (Wildman–Crippen MR) is 91.7 cm³/mol. The number of carbonyl (C=O) groups is 1. The number of hydrogen-bond acceptors (Lipinski definition) is 3. The van der Waals surface area contributed by atoms with Crippen LogP contribution in [0.15, 0.2) is 36.7 Å². The first kappa shape index (κ1) is 16.5. The maximum Gasteiger partial charge on any atom is 0.318 e. The fourth-order valence-corrected chi connectivity index (χ4v) is 2.91. The number of aromatic nitrogens is 2. The molecule has 0 bridgehead atoms. The van der Waals surface area contributed by atoms with Gasteiger partial charge in [-0.05, 0) is 25.0 Å². The summed E-state index contributed by atoms with van der Waals surface area (Å²) in [4.78, 5) is 18.4. The Morgan fingerprint density at radius 3 is 3.00 bits per heavy atom. The smallest absolute Gasteiger partial charge is 0.318 e. The number of nitrogens with one attached hydrogen (secondary N) is 1. The minimum atomic E-state index is -0.0262. The van der Waals surface area contributed by atoms with Crippen LogP contribution in [0.25, 0.3) is 0 Å². The molecule has 1 aliphatic rings. The number of morpholine rings is 1. The summed E-state index contributed by atoms with van der Waals surface area (Å²) >= 11 is 0. The van der Waals surface area contributed by atoms with Gasteiger partial charge in [0.05, 0.1) is 19.3 Å². The largest absolute Gasteiger partial charge is 0.377 e. The van der Waals surface area contributed by atoms with Crippen molar-refractivity contribution in [3.63, 3.8) is 0 Å². The molecule has 0 aliphatic carbocycles. The third-order valence-electron chi connectivity index (χ3n) is 4.34. The summed E-state index contributed by atoms with van der Waals surface area (Å²) in [6.07, 6.45) is 3.78. The molecule has 128 valence electrons. The lowest BCUT2D eigenvalue weighted by molar-refractivity contribution is 0.0190. The highest BCUT2D eigenvalue weighted by Gasteiger charge is 2.23. The fourth-order valence-electron chi connectivity index (χ4n) is 2.91. The Hall–Kier alpha value is -2.34. The van der Waals surface area contributed by atoms with Crippen molar-refractivity contribution in [3.8, 4) is 0 Å². The summed E-state index contributed by atoms with van der Waals surface area (Å²) in [6.45, 7) is 7.17. The van der Waals surface area contributed by atoms with Crippen molar-refractivity contribution in [1.82, 2.24) is 19.8 Å². The highest BCUT2D eigenvalue weighted by molar-refractivity contribution is 5.74. The summed E-state index contributed by atoms with van der Waals surface area (Å²) < 4.78 is 7.48. The van der Waals surface area contributed by atoms with Crippen molar-refractivity contribution >= 4 is 6.03 Å². The number of benzene rings is 1. The molecule has 0 unspecified atom stereocenters. The van der Waals surface area contributed by atoms with Gasteiger partial charge in [-0.3, -0.25) is 0 Å². The molecule has 2 amide bonds. The van der Waals surface area contributed by atoms with E-state index in [0.717, 1.165) is 17.9 Å². The molecule has 0 spiro atoms. The zero-order valence-corrected chi connectivity index (χ0v) is 14.2. The van der Waals surface area contributed by atoms with Gasteiger partial charge in [0.15, 0.2) is 0 Å². The Bertz CT molecular complexity index is 698. The van der Waals surface area contributed by atoms with Gasteiger partial charge in [0.1, 0.15) is 5.82 Å². The molecule has 1 fully saturated rings. The van der Waals surface area contributed by atoms with Crippen LogP contribution in [0.4, 0.5) is 4.79 Å². The molecule has 24 heavy (non-hydrogen) atoms. The lowest BCUT2D eigenvalue weighted by atomic mass is 10.1. The standard InChI is InChI=1S/C18H24N4O2/c1-14-13-24-9-8-22(14)18(23)20-11-16-4-3-5-17(10-16)12-21-7-6-19-15(21)2/h3-7,10,14H,8-9,11-13H2,1-2H3,(H,20,23)/t14-/m0/s1. The molecule has 2 heterocycles. The molecule has 1 atom stereocenters. The highest BCUT2D eigenvalue weighted by Crippen LogP contribution is 2.10. The number of amides is 2. The normalized spacial score (nSPS) is 17.8. The molecule has 6 heteroatoms. The Morgan fingerprint density at radius 2 is 2.25 bits per heavy atom. The van der Waals surface area contributed by atoms with Gasteiger partial charge in [0, 0.05) is 32.0 Å².